The highest BCUT2D eigenvalue weighted by Gasteiger charge is 2.30. The zero-order valence-corrected chi connectivity index (χ0v) is 22.4. The molecule has 0 fully saturated rings. The van der Waals surface area contributed by atoms with Crippen LogP contribution in [0, 0.1) is 0 Å². The molecule has 1 aromatic heterocycles. The van der Waals surface area contributed by atoms with Gasteiger partial charge in [0, 0.05) is 42.2 Å². The second-order valence-corrected chi connectivity index (χ2v) is 9.34. The number of nitrogens with zero attached hydrogens (tertiary/aromatic N) is 2. The van der Waals surface area contributed by atoms with E-state index in [-0.39, 0.29) is 6.42 Å². The predicted octanol–water partition coefficient (Wildman–Crippen LogP) is 5.25. The molecule has 2 aromatic carbocycles. The number of halogens is 1. The summed E-state index contributed by atoms with van der Waals surface area (Å²) in [5.74, 6) is -0.215. The molecule has 1 amide bonds. The van der Waals surface area contributed by atoms with E-state index in [0.717, 1.165) is 48.1 Å². The Kier molecular flexibility index (Phi) is 8.51. The van der Waals surface area contributed by atoms with Crippen LogP contribution in [0.4, 0.5) is 5.69 Å². The SMILES string of the molecule is CCCN1CCc2nc3ccccc3c(C(=O)OC(CC)C(=O)Nc3cc(Cl)c(OC)cc3OC)c2C1. The third-order valence-corrected chi connectivity index (χ3v) is 6.81. The van der Waals surface area contributed by atoms with E-state index in [4.69, 9.17) is 30.8 Å². The van der Waals surface area contributed by atoms with Gasteiger partial charge < -0.3 is 19.5 Å². The van der Waals surface area contributed by atoms with E-state index in [9.17, 15) is 9.59 Å². The highest BCUT2D eigenvalue weighted by molar-refractivity contribution is 6.32. The summed E-state index contributed by atoms with van der Waals surface area (Å²) in [5.41, 5.74) is 3.37. The molecule has 196 valence electrons. The number of anilines is 1. The Morgan fingerprint density at radius 1 is 1.14 bits per heavy atom. The quantitative estimate of drug-likeness (QED) is 0.382. The van der Waals surface area contributed by atoms with Crippen LogP contribution in [-0.2, 0) is 22.5 Å². The van der Waals surface area contributed by atoms with Crippen LogP contribution in [0.1, 0.15) is 48.3 Å². The van der Waals surface area contributed by atoms with Crippen LogP contribution >= 0.6 is 11.6 Å². The Labute approximate surface area is 221 Å². The summed E-state index contributed by atoms with van der Waals surface area (Å²) in [5, 5.41) is 3.82. The molecule has 2 heterocycles. The molecule has 0 bridgehead atoms. The average Bonchev–Trinajstić information content (AvgIpc) is 2.90. The largest absolute Gasteiger partial charge is 0.495 e. The number of carbonyl (C=O) groups is 2. The minimum Gasteiger partial charge on any atom is -0.495 e. The summed E-state index contributed by atoms with van der Waals surface area (Å²) >= 11 is 6.25. The topological polar surface area (TPSA) is 90.0 Å². The number of carbonyl (C=O) groups excluding carboxylic acids is 2. The number of esters is 1. The monoisotopic (exact) mass is 525 g/mol. The third kappa shape index (κ3) is 5.65. The van der Waals surface area contributed by atoms with Crippen molar-refractivity contribution in [3.63, 3.8) is 0 Å². The molecule has 1 atom stereocenters. The molecule has 8 nitrogen and oxygen atoms in total. The Morgan fingerprint density at radius 3 is 2.59 bits per heavy atom. The molecule has 0 aliphatic carbocycles. The van der Waals surface area contributed by atoms with Crippen LogP contribution in [-0.4, -0.2) is 55.2 Å². The molecule has 0 spiro atoms. The Morgan fingerprint density at radius 2 is 1.89 bits per heavy atom. The lowest BCUT2D eigenvalue weighted by molar-refractivity contribution is -0.124. The number of hydrogen-bond donors (Lipinski definition) is 1. The molecule has 1 N–H and O–H groups in total. The number of ether oxygens (including phenoxy) is 3. The van der Waals surface area contributed by atoms with Crippen molar-refractivity contribution >= 4 is 40.1 Å². The zero-order valence-electron chi connectivity index (χ0n) is 21.6. The number of amides is 1. The predicted molar refractivity (Wildman–Crippen MR) is 144 cm³/mol. The number of methoxy groups -OCH3 is 2. The summed E-state index contributed by atoms with van der Waals surface area (Å²) in [6, 6.07) is 10.7. The van der Waals surface area contributed by atoms with Crippen LogP contribution in [0.15, 0.2) is 36.4 Å². The highest BCUT2D eigenvalue weighted by atomic mass is 35.5. The van der Waals surface area contributed by atoms with Gasteiger partial charge >= 0.3 is 5.97 Å². The zero-order chi connectivity index (χ0) is 26.5. The number of hydrogen-bond acceptors (Lipinski definition) is 7. The molecular formula is C28H32ClN3O5. The normalized spacial score (nSPS) is 14.1. The van der Waals surface area contributed by atoms with Crippen LogP contribution in [0.2, 0.25) is 5.02 Å². The van der Waals surface area contributed by atoms with Gasteiger partial charge in [0.1, 0.15) is 11.5 Å². The minimum absolute atomic E-state index is 0.289. The van der Waals surface area contributed by atoms with Gasteiger partial charge in [0.05, 0.1) is 36.0 Å². The second-order valence-electron chi connectivity index (χ2n) is 8.93. The first-order chi connectivity index (χ1) is 17.9. The van der Waals surface area contributed by atoms with Crippen molar-refractivity contribution in [3.8, 4) is 11.5 Å². The standard InChI is InChI=1S/C28H32ClN3O5/c1-5-12-32-13-11-21-18(16-32)26(17-9-7-8-10-20(17)30-21)28(34)37-23(6-2)27(33)31-22-14-19(29)24(35-3)15-25(22)36-4/h7-10,14-15,23H,5-6,11-13,16H2,1-4H3,(H,31,33). The van der Waals surface area contributed by atoms with E-state index in [1.807, 2.05) is 24.3 Å². The van der Waals surface area contributed by atoms with Crippen molar-refractivity contribution in [2.75, 3.05) is 32.6 Å². The van der Waals surface area contributed by atoms with Gasteiger partial charge in [0.25, 0.3) is 5.91 Å². The number of pyridine rings is 1. The number of rotatable bonds is 9. The summed E-state index contributed by atoms with van der Waals surface area (Å²) in [6.45, 7) is 6.38. The lowest BCUT2D eigenvalue weighted by Crippen LogP contribution is -2.35. The summed E-state index contributed by atoms with van der Waals surface area (Å²) in [7, 11) is 2.98. The maximum atomic E-state index is 13.7. The number of benzene rings is 2. The van der Waals surface area contributed by atoms with Gasteiger partial charge in [-0.05, 0) is 31.5 Å². The van der Waals surface area contributed by atoms with E-state index < -0.39 is 18.0 Å². The highest BCUT2D eigenvalue weighted by Crippen LogP contribution is 2.36. The number of fused-ring (bicyclic) bond motifs is 2. The van der Waals surface area contributed by atoms with Crippen LogP contribution in [0.3, 0.4) is 0 Å². The molecule has 4 rings (SSSR count). The van der Waals surface area contributed by atoms with Crippen LogP contribution in [0.25, 0.3) is 10.9 Å². The van der Waals surface area contributed by atoms with Gasteiger partial charge in [-0.15, -0.1) is 0 Å². The maximum Gasteiger partial charge on any atom is 0.340 e. The van der Waals surface area contributed by atoms with Gasteiger partial charge in [-0.2, -0.15) is 0 Å². The molecule has 3 aromatic rings. The molecule has 0 saturated heterocycles. The minimum atomic E-state index is -1.02. The smallest absolute Gasteiger partial charge is 0.340 e. The van der Waals surface area contributed by atoms with Crippen molar-refractivity contribution in [1.82, 2.24) is 9.88 Å². The molecule has 1 aliphatic rings. The van der Waals surface area contributed by atoms with Crippen molar-refractivity contribution < 1.29 is 23.8 Å². The molecule has 0 saturated carbocycles. The van der Waals surface area contributed by atoms with Gasteiger partial charge in [-0.3, -0.25) is 14.7 Å². The van der Waals surface area contributed by atoms with Gasteiger partial charge in [-0.25, -0.2) is 4.79 Å². The first-order valence-corrected chi connectivity index (χ1v) is 12.8. The van der Waals surface area contributed by atoms with Crippen molar-refractivity contribution in [2.24, 2.45) is 0 Å². The molecule has 9 heteroatoms. The van der Waals surface area contributed by atoms with Crippen molar-refractivity contribution in [1.29, 1.82) is 0 Å². The summed E-state index contributed by atoms with van der Waals surface area (Å²) in [4.78, 5) is 34.0. The van der Waals surface area contributed by atoms with Gasteiger partial charge in [0.15, 0.2) is 6.10 Å². The second kappa shape index (κ2) is 11.8. The maximum absolute atomic E-state index is 13.7. The van der Waals surface area contributed by atoms with Crippen LogP contribution < -0.4 is 14.8 Å². The van der Waals surface area contributed by atoms with E-state index in [1.54, 1.807) is 19.1 Å². The molecule has 37 heavy (non-hydrogen) atoms. The molecule has 0 radical (unpaired) electrons. The lowest BCUT2D eigenvalue weighted by atomic mass is 9.95. The van der Waals surface area contributed by atoms with Crippen LogP contribution in [0.5, 0.6) is 11.5 Å². The van der Waals surface area contributed by atoms with E-state index in [2.05, 4.69) is 17.1 Å². The Hall–Kier alpha value is -3.36. The van der Waals surface area contributed by atoms with E-state index in [1.165, 1.54) is 14.2 Å². The molecular weight excluding hydrogens is 494 g/mol. The van der Waals surface area contributed by atoms with E-state index in [0.29, 0.717) is 34.3 Å². The van der Waals surface area contributed by atoms with Gasteiger partial charge in [0.2, 0.25) is 0 Å². The molecule has 1 aliphatic heterocycles. The fourth-order valence-electron chi connectivity index (χ4n) is 4.67. The van der Waals surface area contributed by atoms with E-state index >= 15 is 0 Å². The first kappa shape index (κ1) is 26.7. The lowest BCUT2D eigenvalue weighted by Gasteiger charge is -2.30. The summed E-state index contributed by atoms with van der Waals surface area (Å²) < 4.78 is 16.4. The Balaban J connectivity index is 1.63. The molecule has 1 unspecified atom stereocenters. The van der Waals surface area contributed by atoms with Gasteiger partial charge in [-0.1, -0.05) is 43.6 Å². The third-order valence-electron chi connectivity index (χ3n) is 6.51. The summed E-state index contributed by atoms with van der Waals surface area (Å²) in [6.07, 6.45) is 1.05. The number of para-hydroxylation sites is 1. The Bertz CT molecular complexity index is 1310. The number of nitrogens with one attached hydrogen (secondary N) is 1. The first-order valence-electron chi connectivity index (χ1n) is 12.5. The fraction of sp³-hybridized carbons (Fsp3) is 0.393. The number of aromatic nitrogens is 1. The fourth-order valence-corrected chi connectivity index (χ4v) is 4.91. The average molecular weight is 526 g/mol. The van der Waals surface area contributed by atoms with Crippen molar-refractivity contribution in [3.05, 3.63) is 58.2 Å². The van der Waals surface area contributed by atoms with Crippen molar-refractivity contribution in [2.45, 2.75) is 45.8 Å².